The van der Waals surface area contributed by atoms with Crippen LogP contribution in [0.4, 0.5) is 5.69 Å². The van der Waals surface area contributed by atoms with Gasteiger partial charge in [-0.05, 0) is 49.3 Å². The van der Waals surface area contributed by atoms with E-state index in [1.807, 2.05) is 13.0 Å². The molecule has 1 aromatic carbocycles. The Kier molecular flexibility index (Phi) is 4.70. The van der Waals surface area contributed by atoms with Crippen molar-refractivity contribution in [2.45, 2.75) is 44.4 Å². The number of nitrogens with two attached hydrogens (primary N) is 1. The van der Waals surface area contributed by atoms with Gasteiger partial charge in [0.2, 0.25) is 10.0 Å². The van der Waals surface area contributed by atoms with Crippen LogP contribution in [0.15, 0.2) is 23.1 Å². The molecule has 1 aliphatic rings. The van der Waals surface area contributed by atoms with E-state index >= 15 is 0 Å². The van der Waals surface area contributed by atoms with E-state index in [-0.39, 0.29) is 0 Å². The maximum atomic E-state index is 12.7. The van der Waals surface area contributed by atoms with Gasteiger partial charge in [0.1, 0.15) is 0 Å². The van der Waals surface area contributed by atoms with E-state index in [2.05, 4.69) is 6.92 Å². The Morgan fingerprint density at radius 3 is 2.70 bits per heavy atom. The van der Waals surface area contributed by atoms with Crippen molar-refractivity contribution in [1.29, 1.82) is 0 Å². The number of hydrogen-bond donors (Lipinski definition) is 1. The summed E-state index contributed by atoms with van der Waals surface area (Å²) in [5.74, 6) is 0.600. The van der Waals surface area contributed by atoms with Gasteiger partial charge >= 0.3 is 0 Å². The van der Waals surface area contributed by atoms with Crippen LogP contribution >= 0.6 is 0 Å². The van der Waals surface area contributed by atoms with Crippen molar-refractivity contribution in [2.24, 2.45) is 5.92 Å². The lowest BCUT2D eigenvalue weighted by atomic mass is 10.0. The molecule has 0 saturated carbocycles. The summed E-state index contributed by atoms with van der Waals surface area (Å²) in [5.41, 5.74) is 7.49. The van der Waals surface area contributed by atoms with E-state index in [9.17, 15) is 8.42 Å². The Morgan fingerprint density at radius 1 is 1.30 bits per heavy atom. The fourth-order valence-electron chi connectivity index (χ4n) is 2.68. The summed E-state index contributed by atoms with van der Waals surface area (Å²) in [6.07, 6.45) is 3.78. The summed E-state index contributed by atoms with van der Waals surface area (Å²) in [6, 6.07) is 5.10. The molecule has 0 spiro atoms. The van der Waals surface area contributed by atoms with Crippen molar-refractivity contribution in [1.82, 2.24) is 4.31 Å². The second-order valence-electron chi connectivity index (χ2n) is 5.65. The zero-order valence-electron chi connectivity index (χ0n) is 12.3. The molecule has 0 aliphatic carbocycles. The van der Waals surface area contributed by atoms with E-state index in [1.54, 1.807) is 16.4 Å². The molecule has 1 atom stereocenters. The monoisotopic (exact) mass is 296 g/mol. The second-order valence-corrected chi connectivity index (χ2v) is 7.59. The highest BCUT2D eigenvalue weighted by molar-refractivity contribution is 7.89. The van der Waals surface area contributed by atoms with Crippen LogP contribution in [0.25, 0.3) is 0 Å². The van der Waals surface area contributed by atoms with Gasteiger partial charge in [-0.2, -0.15) is 4.31 Å². The molecule has 4 nitrogen and oxygen atoms in total. The number of sulfonamides is 1. The van der Waals surface area contributed by atoms with E-state index in [0.29, 0.717) is 29.6 Å². The molecule has 1 aliphatic heterocycles. The SMILES string of the molecule is CCc1ccc(S(=O)(=O)N2CCCC(C)CC2)cc1N. The predicted molar refractivity (Wildman–Crippen MR) is 82.0 cm³/mol. The molecule has 2 rings (SSSR count). The average Bonchev–Trinajstić information content (AvgIpc) is 2.63. The second kappa shape index (κ2) is 6.14. The van der Waals surface area contributed by atoms with Crippen LogP contribution in [0.1, 0.15) is 38.7 Å². The summed E-state index contributed by atoms with van der Waals surface area (Å²) in [6.45, 7) is 5.42. The van der Waals surface area contributed by atoms with Crippen LogP contribution in [0.2, 0.25) is 0 Å². The summed E-state index contributed by atoms with van der Waals surface area (Å²) in [5, 5.41) is 0. The van der Waals surface area contributed by atoms with Crippen LogP contribution in [0.5, 0.6) is 0 Å². The number of benzene rings is 1. The van der Waals surface area contributed by atoms with Gasteiger partial charge in [0, 0.05) is 18.8 Å². The molecular weight excluding hydrogens is 272 g/mol. The van der Waals surface area contributed by atoms with E-state index < -0.39 is 10.0 Å². The summed E-state index contributed by atoms with van der Waals surface area (Å²) >= 11 is 0. The van der Waals surface area contributed by atoms with Gasteiger partial charge in [-0.25, -0.2) is 8.42 Å². The van der Waals surface area contributed by atoms with Crippen molar-refractivity contribution in [3.05, 3.63) is 23.8 Å². The Morgan fingerprint density at radius 2 is 2.05 bits per heavy atom. The third-order valence-electron chi connectivity index (χ3n) is 4.11. The van der Waals surface area contributed by atoms with Crippen molar-refractivity contribution in [3.8, 4) is 0 Å². The van der Waals surface area contributed by atoms with Gasteiger partial charge in [0.05, 0.1) is 4.90 Å². The number of nitrogen functional groups attached to an aromatic ring is 1. The van der Waals surface area contributed by atoms with E-state index in [4.69, 9.17) is 5.73 Å². The van der Waals surface area contributed by atoms with Gasteiger partial charge < -0.3 is 5.73 Å². The van der Waals surface area contributed by atoms with Crippen molar-refractivity contribution in [3.63, 3.8) is 0 Å². The normalized spacial score (nSPS) is 21.6. The van der Waals surface area contributed by atoms with Crippen molar-refractivity contribution >= 4 is 15.7 Å². The zero-order chi connectivity index (χ0) is 14.8. The van der Waals surface area contributed by atoms with Crippen molar-refractivity contribution in [2.75, 3.05) is 18.8 Å². The third kappa shape index (κ3) is 3.15. The van der Waals surface area contributed by atoms with E-state index in [1.165, 1.54) is 0 Å². The lowest BCUT2D eigenvalue weighted by molar-refractivity contribution is 0.417. The van der Waals surface area contributed by atoms with Crippen LogP contribution in [-0.4, -0.2) is 25.8 Å². The lowest BCUT2D eigenvalue weighted by Gasteiger charge is -2.20. The molecule has 1 fully saturated rings. The fourth-order valence-corrected chi connectivity index (χ4v) is 4.21. The standard InChI is InChI=1S/C15H24N2O2S/c1-3-13-6-7-14(11-15(13)16)20(18,19)17-9-4-5-12(2)8-10-17/h6-7,11-12H,3-5,8-10,16H2,1-2H3. The molecule has 1 unspecified atom stereocenters. The average molecular weight is 296 g/mol. The highest BCUT2D eigenvalue weighted by atomic mass is 32.2. The van der Waals surface area contributed by atoms with Crippen LogP contribution in [0.3, 0.4) is 0 Å². The maximum absolute atomic E-state index is 12.7. The Balaban J connectivity index is 2.27. The number of aryl methyl sites for hydroxylation is 1. The largest absolute Gasteiger partial charge is 0.398 e. The number of rotatable bonds is 3. The highest BCUT2D eigenvalue weighted by Crippen LogP contribution is 2.25. The van der Waals surface area contributed by atoms with Crippen LogP contribution in [0, 0.1) is 5.92 Å². The van der Waals surface area contributed by atoms with Crippen LogP contribution < -0.4 is 5.73 Å². The smallest absolute Gasteiger partial charge is 0.243 e. The molecule has 0 radical (unpaired) electrons. The minimum Gasteiger partial charge on any atom is -0.398 e. The Bertz CT molecular complexity index is 569. The lowest BCUT2D eigenvalue weighted by Crippen LogP contribution is -2.32. The summed E-state index contributed by atoms with van der Waals surface area (Å²) < 4.78 is 26.9. The molecule has 2 N–H and O–H groups in total. The number of hydrogen-bond acceptors (Lipinski definition) is 3. The molecule has 1 aromatic rings. The Labute approximate surface area is 122 Å². The Hall–Kier alpha value is -1.07. The van der Waals surface area contributed by atoms with E-state index in [0.717, 1.165) is 31.2 Å². The molecule has 112 valence electrons. The third-order valence-corrected chi connectivity index (χ3v) is 6.01. The fraction of sp³-hybridized carbons (Fsp3) is 0.600. The van der Waals surface area contributed by atoms with Crippen molar-refractivity contribution < 1.29 is 8.42 Å². The number of nitrogens with zero attached hydrogens (tertiary/aromatic N) is 1. The predicted octanol–water partition coefficient (Wildman–Crippen LogP) is 2.64. The number of anilines is 1. The molecule has 1 saturated heterocycles. The summed E-state index contributed by atoms with van der Waals surface area (Å²) in [4.78, 5) is 0.321. The molecule has 20 heavy (non-hydrogen) atoms. The molecule has 0 amide bonds. The first kappa shape index (κ1) is 15.3. The maximum Gasteiger partial charge on any atom is 0.243 e. The van der Waals surface area contributed by atoms with Gasteiger partial charge in [-0.3, -0.25) is 0 Å². The highest BCUT2D eigenvalue weighted by Gasteiger charge is 2.26. The quantitative estimate of drug-likeness (QED) is 0.872. The molecule has 0 bridgehead atoms. The van der Waals surface area contributed by atoms with Gasteiger partial charge in [0.25, 0.3) is 0 Å². The summed E-state index contributed by atoms with van der Waals surface area (Å²) in [7, 11) is -3.40. The first-order chi connectivity index (χ1) is 9.45. The zero-order valence-corrected chi connectivity index (χ0v) is 13.1. The van der Waals surface area contributed by atoms with Crippen LogP contribution in [-0.2, 0) is 16.4 Å². The molecule has 5 heteroatoms. The van der Waals surface area contributed by atoms with Gasteiger partial charge in [0.15, 0.2) is 0 Å². The first-order valence-electron chi connectivity index (χ1n) is 7.33. The minimum atomic E-state index is -3.40. The van der Waals surface area contributed by atoms with Gasteiger partial charge in [-0.1, -0.05) is 19.9 Å². The molecule has 0 aromatic heterocycles. The van der Waals surface area contributed by atoms with Gasteiger partial charge in [-0.15, -0.1) is 0 Å². The topological polar surface area (TPSA) is 63.4 Å². The minimum absolute atomic E-state index is 0.321. The molecular formula is C15H24N2O2S. The first-order valence-corrected chi connectivity index (χ1v) is 8.77. The molecule has 1 heterocycles.